The molecule has 69 heavy (non-hydrogen) atoms. The molecule has 2 atom stereocenters. The summed E-state index contributed by atoms with van der Waals surface area (Å²) in [5, 5.41) is 9.67. The van der Waals surface area contributed by atoms with E-state index in [1.165, 1.54) is 103 Å². The lowest BCUT2D eigenvalue weighted by molar-refractivity contribution is -0.870. The average Bonchev–Trinajstić information content (AvgIpc) is 3.31. The van der Waals surface area contributed by atoms with Crippen LogP contribution in [0.1, 0.15) is 219 Å². The van der Waals surface area contributed by atoms with Crippen LogP contribution in [0.3, 0.4) is 0 Å². The molecule has 0 aliphatic carbocycles. The molecule has 0 aromatic heterocycles. The van der Waals surface area contributed by atoms with Gasteiger partial charge < -0.3 is 28.5 Å². The van der Waals surface area contributed by atoms with E-state index in [1.54, 1.807) is 0 Å². The van der Waals surface area contributed by atoms with E-state index in [-0.39, 0.29) is 38.6 Å². The van der Waals surface area contributed by atoms with Gasteiger partial charge in [0.05, 0.1) is 34.4 Å². The molecule has 0 heterocycles. The highest BCUT2D eigenvalue weighted by Crippen LogP contribution is 2.16. The highest BCUT2D eigenvalue weighted by atomic mass is 16.7. The molecule has 2 unspecified atom stereocenters. The fourth-order valence-corrected chi connectivity index (χ4v) is 7.43. The zero-order valence-corrected chi connectivity index (χ0v) is 44.9. The molecule has 9 heteroatoms. The van der Waals surface area contributed by atoms with Crippen LogP contribution in [0.25, 0.3) is 0 Å². The highest BCUT2D eigenvalue weighted by molar-refractivity contribution is 5.71. The van der Waals surface area contributed by atoms with Gasteiger partial charge in [-0.25, -0.2) is 4.79 Å². The fourth-order valence-electron chi connectivity index (χ4n) is 7.43. The number of quaternary nitrogens is 1. The van der Waals surface area contributed by atoms with E-state index >= 15 is 0 Å². The second kappa shape index (κ2) is 50.8. The van der Waals surface area contributed by atoms with Crippen molar-refractivity contribution in [2.45, 2.75) is 232 Å². The number of esters is 2. The average molecular weight is 967 g/mol. The van der Waals surface area contributed by atoms with Gasteiger partial charge in [-0.3, -0.25) is 9.59 Å². The predicted octanol–water partition coefficient (Wildman–Crippen LogP) is 16.0. The van der Waals surface area contributed by atoms with Gasteiger partial charge in [0, 0.05) is 12.8 Å². The summed E-state index contributed by atoms with van der Waals surface area (Å²) in [6.07, 6.45) is 63.9. The Hall–Kier alpha value is -3.53. The summed E-state index contributed by atoms with van der Waals surface area (Å²) in [5.41, 5.74) is 0. The number of aliphatic carboxylic acids is 1. The molecule has 0 rings (SSSR count). The van der Waals surface area contributed by atoms with Crippen LogP contribution in [0.4, 0.5) is 0 Å². The Morgan fingerprint density at radius 3 is 1.17 bits per heavy atom. The number of nitrogens with zero attached hydrogens (tertiary/aromatic N) is 1. The molecule has 9 nitrogen and oxygen atoms in total. The maximum absolute atomic E-state index is 12.8. The van der Waals surface area contributed by atoms with E-state index in [1.807, 2.05) is 21.1 Å². The van der Waals surface area contributed by atoms with Crippen LogP contribution >= 0.6 is 0 Å². The summed E-state index contributed by atoms with van der Waals surface area (Å²) in [7, 11) is 5.95. The molecule has 0 aliphatic rings. The number of unbranched alkanes of at least 4 members (excludes halogenated alkanes) is 21. The molecular formula is C60H104NO8+. The minimum absolute atomic E-state index is 0.180. The highest BCUT2D eigenvalue weighted by Gasteiger charge is 2.25. The number of carbonyl (C=O) groups excluding carboxylic acids is 2. The van der Waals surface area contributed by atoms with E-state index in [0.29, 0.717) is 23.9 Å². The van der Waals surface area contributed by atoms with E-state index in [2.05, 4.69) is 98.9 Å². The van der Waals surface area contributed by atoms with Gasteiger partial charge in [0.1, 0.15) is 13.2 Å². The largest absolute Gasteiger partial charge is 0.477 e. The number of carbonyl (C=O) groups is 3. The molecule has 0 aliphatic heterocycles. The van der Waals surface area contributed by atoms with Crippen LogP contribution in [0.15, 0.2) is 85.1 Å². The molecule has 0 aromatic rings. The number of allylic oxidation sites excluding steroid dienone is 14. The van der Waals surface area contributed by atoms with Crippen molar-refractivity contribution in [2.24, 2.45) is 0 Å². The van der Waals surface area contributed by atoms with Gasteiger partial charge in [-0.15, -0.1) is 0 Å². The van der Waals surface area contributed by atoms with Gasteiger partial charge in [-0.05, 0) is 83.5 Å². The third-order valence-electron chi connectivity index (χ3n) is 11.6. The molecule has 0 aromatic carbocycles. The summed E-state index contributed by atoms with van der Waals surface area (Å²) in [4.78, 5) is 37.3. The third-order valence-corrected chi connectivity index (χ3v) is 11.6. The maximum atomic E-state index is 12.8. The standard InChI is InChI=1S/C60H103NO8/c1-6-8-10-12-14-16-18-20-21-22-23-24-25-26-27-28-29-30-31-32-33-34-35-36-37-39-41-43-45-47-49-51-58(63)69-56(55-68-60(59(64)65)66-53-52-61(3,4)5)54-67-57(62)50-48-46-44-42-40-38-19-17-15-13-11-9-7-2/h8-11,14-17,20-21,23-24,38,40,56,60H,6-7,12-13,18-19,22,25-37,39,41-55H2,1-5H3/p+1/b10-8-,11-9-,16-14-,17-15-,21-20-,24-23-,40-38-. The molecule has 0 spiro atoms. The van der Waals surface area contributed by atoms with Crippen LogP contribution in [0.5, 0.6) is 0 Å². The topological polar surface area (TPSA) is 108 Å². The molecule has 0 saturated heterocycles. The summed E-state index contributed by atoms with van der Waals surface area (Å²) < 4.78 is 22.8. The smallest absolute Gasteiger partial charge is 0.361 e. The number of rotatable bonds is 50. The van der Waals surface area contributed by atoms with E-state index in [0.717, 1.165) is 77.0 Å². The zero-order chi connectivity index (χ0) is 50.6. The van der Waals surface area contributed by atoms with Crippen molar-refractivity contribution in [3.63, 3.8) is 0 Å². The van der Waals surface area contributed by atoms with Crippen LogP contribution in [-0.4, -0.2) is 87.4 Å². The van der Waals surface area contributed by atoms with E-state index in [4.69, 9.17) is 18.9 Å². The first-order valence-electron chi connectivity index (χ1n) is 27.8. The summed E-state index contributed by atoms with van der Waals surface area (Å²) >= 11 is 0. The minimum atomic E-state index is -1.52. The minimum Gasteiger partial charge on any atom is -0.477 e. The lowest BCUT2D eigenvalue weighted by atomic mass is 10.0. The lowest BCUT2D eigenvalue weighted by Gasteiger charge is -2.25. The van der Waals surface area contributed by atoms with Gasteiger partial charge in [-0.1, -0.05) is 208 Å². The molecule has 0 saturated carbocycles. The summed E-state index contributed by atoms with van der Waals surface area (Å²) in [6.45, 7) is 4.61. The molecule has 0 radical (unpaired) electrons. The number of hydrogen-bond acceptors (Lipinski definition) is 7. The van der Waals surface area contributed by atoms with Gasteiger partial charge in [-0.2, -0.15) is 0 Å². The SMILES string of the molecule is CC/C=C\C/C=C\C/C=C\C/C=C\CCCCCCCCCCCCCCCCCCCCC(=O)OC(COC(=O)CCCCC/C=C\C/C=C\C/C=C\CC)COC(OCC[N+](C)(C)C)C(=O)O. The first-order valence-corrected chi connectivity index (χ1v) is 27.8. The first-order chi connectivity index (χ1) is 33.6. The van der Waals surface area contributed by atoms with Crippen LogP contribution in [0.2, 0.25) is 0 Å². The Balaban J connectivity index is 4.15. The van der Waals surface area contributed by atoms with Crippen LogP contribution < -0.4 is 0 Å². The quantitative estimate of drug-likeness (QED) is 0.0211. The normalized spacial score (nSPS) is 13.5. The molecule has 0 fully saturated rings. The second-order valence-corrected chi connectivity index (χ2v) is 19.5. The van der Waals surface area contributed by atoms with Gasteiger partial charge >= 0.3 is 17.9 Å². The van der Waals surface area contributed by atoms with Crippen molar-refractivity contribution in [1.82, 2.24) is 0 Å². The number of ether oxygens (including phenoxy) is 4. The molecule has 396 valence electrons. The van der Waals surface area contributed by atoms with E-state index < -0.39 is 24.3 Å². The monoisotopic (exact) mass is 967 g/mol. The van der Waals surface area contributed by atoms with Crippen LogP contribution in [-0.2, 0) is 33.3 Å². The number of carboxylic acids is 1. The molecule has 0 amide bonds. The Morgan fingerprint density at radius 2 is 0.783 bits per heavy atom. The number of likely N-dealkylation sites (N-methyl/N-ethyl adjacent to an activating group) is 1. The van der Waals surface area contributed by atoms with Crippen molar-refractivity contribution >= 4 is 17.9 Å². The molecular weight excluding hydrogens is 863 g/mol. The Bertz CT molecular complexity index is 1400. The lowest BCUT2D eigenvalue weighted by Crippen LogP contribution is -2.40. The fraction of sp³-hybridized carbons (Fsp3) is 0.717. The zero-order valence-electron chi connectivity index (χ0n) is 44.9. The van der Waals surface area contributed by atoms with Gasteiger partial charge in [0.15, 0.2) is 6.10 Å². The number of hydrogen-bond donors (Lipinski definition) is 1. The van der Waals surface area contributed by atoms with Gasteiger partial charge in [0.2, 0.25) is 0 Å². The first kappa shape index (κ1) is 65.5. The Kier molecular flexibility index (Phi) is 48.2. The van der Waals surface area contributed by atoms with Crippen molar-refractivity contribution in [2.75, 3.05) is 47.5 Å². The van der Waals surface area contributed by atoms with Crippen molar-refractivity contribution in [1.29, 1.82) is 0 Å². The number of carboxylic acid groups (broad SMARTS) is 1. The molecule has 1 N–H and O–H groups in total. The Labute approximate surface area is 423 Å². The predicted molar refractivity (Wildman–Crippen MR) is 290 cm³/mol. The van der Waals surface area contributed by atoms with Crippen molar-refractivity contribution < 1.29 is 42.9 Å². The van der Waals surface area contributed by atoms with Crippen molar-refractivity contribution in [3.05, 3.63) is 85.1 Å². The van der Waals surface area contributed by atoms with Crippen LogP contribution in [0, 0.1) is 0 Å². The maximum Gasteiger partial charge on any atom is 0.361 e. The Morgan fingerprint density at radius 1 is 0.435 bits per heavy atom. The second-order valence-electron chi connectivity index (χ2n) is 19.5. The summed E-state index contributed by atoms with van der Waals surface area (Å²) in [5.74, 6) is -2.05. The molecule has 0 bridgehead atoms. The van der Waals surface area contributed by atoms with E-state index in [9.17, 15) is 19.5 Å². The van der Waals surface area contributed by atoms with Gasteiger partial charge in [0.25, 0.3) is 6.29 Å². The summed E-state index contributed by atoms with van der Waals surface area (Å²) in [6, 6.07) is 0. The third kappa shape index (κ3) is 52.1. The van der Waals surface area contributed by atoms with Crippen molar-refractivity contribution in [3.8, 4) is 0 Å².